The number of imidazole rings is 1. The van der Waals surface area contributed by atoms with Gasteiger partial charge in [-0.1, -0.05) is 6.07 Å². The number of aryl methyl sites for hydroxylation is 1. The second-order valence-corrected chi connectivity index (χ2v) is 3.66. The summed E-state index contributed by atoms with van der Waals surface area (Å²) >= 11 is 0. The summed E-state index contributed by atoms with van der Waals surface area (Å²) in [4.78, 5) is 4.13. The second-order valence-electron chi connectivity index (χ2n) is 3.66. The first kappa shape index (κ1) is 11.2. The SMILES string of the molecule is Cc1nccn1CCOc1cccc(C#N)c1. The van der Waals surface area contributed by atoms with Crippen LogP contribution in [-0.2, 0) is 6.54 Å². The van der Waals surface area contributed by atoms with Gasteiger partial charge in [-0.3, -0.25) is 0 Å². The maximum atomic E-state index is 8.76. The van der Waals surface area contributed by atoms with E-state index in [1.54, 1.807) is 18.3 Å². The Kier molecular flexibility index (Phi) is 3.41. The molecular weight excluding hydrogens is 214 g/mol. The van der Waals surface area contributed by atoms with Crippen LogP contribution < -0.4 is 4.74 Å². The summed E-state index contributed by atoms with van der Waals surface area (Å²) in [6.07, 6.45) is 3.69. The number of ether oxygens (including phenoxy) is 1. The number of hydrogen-bond acceptors (Lipinski definition) is 3. The van der Waals surface area contributed by atoms with E-state index >= 15 is 0 Å². The van der Waals surface area contributed by atoms with E-state index in [2.05, 4.69) is 11.1 Å². The summed E-state index contributed by atoms with van der Waals surface area (Å²) in [6.45, 7) is 3.27. The first-order valence-corrected chi connectivity index (χ1v) is 5.40. The van der Waals surface area contributed by atoms with Crippen molar-refractivity contribution in [1.29, 1.82) is 5.26 Å². The molecule has 17 heavy (non-hydrogen) atoms. The molecule has 0 unspecified atom stereocenters. The number of nitriles is 1. The Bertz CT molecular complexity index is 540. The molecular formula is C13H13N3O. The Balaban J connectivity index is 1.90. The maximum Gasteiger partial charge on any atom is 0.120 e. The van der Waals surface area contributed by atoms with Gasteiger partial charge in [0, 0.05) is 12.4 Å². The van der Waals surface area contributed by atoms with Crippen molar-refractivity contribution in [2.75, 3.05) is 6.61 Å². The third kappa shape index (κ3) is 2.85. The van der Waals surface area contributed by atoms with E-state index in [9.17, 15) is 0 Å². The summed E-state index contributed by atoms with van der Waals surface area (Å²) in [5.41, 5.74) is 0.612. The Morgan fingerprint density at radius 1 is 1.47 bits per heavy atom. The van der Waals surface area contributed by atoms with Gasteiger partial charge in [0.05, 0.1) is 18.2 Å². The predicted octanol–water partition coefficient (Wildman–Crippen LogP) is 2.14. The van der Waals surface area contributed by atoms with Crippen molar-refractivity contribution in [3.8, 4) is 11.8 Å². The van der Waals surface area contributed by atoms with E-state index in [4.69, 9.17) is 10.00 Å². The molecule has 0 saturated heterocycles. The molecule has 0 bridgehead atoms. The van der Waals surface area contributed by atoms with Crippen LogP contribution in [0, 0.1) is 18.3 Å². The van der Waals surface area contributed by atoms with E-state index < -0.39 is 0 Å². The molecule has 4 nitrogen and oxygen atoms in total. The van der Waals surface area contributed by atoms with E-state index in [0.717, 1.165) is 18.1 Å². The van der Waals surface area contributed by atoms with Crippen molar-refractivity contribution in [3.63, 3.8) is 0 Å². The van der Waals surface area contributed by atoms with Gasteiger partial charge >= 0.3 is 0 Å². The minimum atomic E-state index is 0.562. The van der Waals surface area contributed by atoms with Crippen LogP contribution >= 0.6 is 0 Å². The van der Waals surface area contributed by atoms with Crippen molar-refractivity contribution in [2.24, 2.45) is 0 Å². The van der Waals surface area contributed by atoms with Crippen molar-refractivity contribution < 1.29 is 4.74 Å². The number of rotatable bonds is 4. The summed E-state index contributed by atoms with van der Waals surface area (Å²) in [6, 6.07) is 9.24. The highest BCUT2D eigenvalue weighted by Gasteiger charge is 1.98. The topological polar surface area (TPSA) is 50.8 Å². The average Bonchev–Trinajstić information content (AvgIpc) is 2.76. The lowest BCUT2D eigenvalue weighted by atomic mass is 10.2. The molecule has 0 saturated carbocycles. The van der Waals surface area contributed by atoms with Gasteiger partial charge in [0.25, 0.3) is 0 Å². The van der Waals surface area contributed by atoms with Crippen LogP contribution in [0.1, 0.15) is 11.4 Å². The van der Waals surface area contributed by atoms with E-state index in [-0.39, 0.29) is 0 Å². The smallest absolute Gasteiger partial charge is 0.120 e. The minimum Gasteiger partial charge on any atom is -0.492 e. The zero-order valence-corrected chi connectivity index (χ0v) is 9.63. The molecule has 2 aromatic rings. The van der Waals surface area contributed by atoms with Gasteiger partial charge in [-0.25, -0.2) is 4.98 Å². The van der Waals surface area contributed by atoms with Crippen LogP contribution in [0.4, 0.5) is 0 Å². The Hall–Kier alpha value is -2.28. The highest BCUT2D eigenvalue weighted by atomic mass is 16.5. The van der Waals surface area contributed by atoms with Crippen LogP contribution in [0.25, 0.3) is 0 Å². The standard InChI is InChI=1S/C13H13N3O/c1-11-15-5-6-16(11)7-8-17-13-4-2-3-12(9-13)10-14/h2-6,9H,7-8H2,1H3. The van der Waals surface area contributed by atoms with Crippen LogP contribution in [0.15, 0.2) is 36.7 Å². The molecule has 0 amide bonds. The molecule has 0 atom stereocenters. The fourth-order valence-electron chi connectivity index (χ4n) is 1.56. The maximum absolute atomic E-state index is 8.76. The molecule has 2 rings (SSSR count). The molecule has 0 fully saturated rings. The lowest BCUT2D eigenvalue weighted by molar-refractivity contribution is 0.297. The number of nitrogens with zero attached hydrogens (tertiary/aromatic N) is 3. The predicted molar refractivity (Wildman–Crippen MR) is 63.6 cm³/mol. The number of benzene rings is 1. The molecule has 0 aliphatic carbocycles. The summed E-state index contributed by atoms with van der Waals surface area (Å²) in [5, 5.41) is 8.76. The molecule has 0 aliphatic heterocycles. The zero-order valence-electron chi connectivity index (χ0n) is 9.63. The minimum absolute atomic E-state index is 0.562. The molecule has 1 heterocycles. The summed E-state index contributed by atoms with van der Waals surface area (Å²) < 4.78 is 7.60. The van der Waals surface area contributed by atoms with Crippen LogP contribution in [0.2, 0.25) is 0 Å². The Morgan fingerprint density at radius 2 is 2.35 bits per heavy atom. The van der Waals surface area contributed by atoms with Crippen LogP contribution in [0.3, 0.4) is 0 Å². The van der Waals surface area contributed by atoms with Gasteiger partial charge in [-0.2, -0.15) is 5.26 Å². The lowest BCUT2D eigenvalue weighted by Gasteiger charge is -2.08. The van der Waals surface area contributed by atoms with Crippen LogP contribution in [0.5, 0.6) is 5.75 Å². The van der Waals surface area contributed by atoms with E-state index in [1.807, 2.05) is 29.8 Å². The van der Waals surface area contributed by atoms with Crippen molar-refractivity contribution in [2.45, 2.75) is 13.5 Å². The third-order valence-corrected chi connectivity index (χ3v) is 2.49. The highest BCUT2D eigenvalue weighted by Crippen LogP contribution is 2.12. The molecule has 86 valence electrons. The fraction of sp³-hybridized carbons (Fsp3) is 0.231. The summed E-state index contributed by atoms with van der Waals surface area (Å²) in [7, 11) is 0. The number of hydrogen-bond donors (Lipinski definition) is 0. The van der Waals surface area contributed by atoms with Gasteiger partial charge in [-0.05, 0) is 25.1 Å². The monoisotopic (exact) mass is 227 g/mol. The van der Waals surface area contributed by atoms with Crippen molar-refractivity contribution >= 4 is 0 Å². The molecule has 1 aromatic carbocycles. The molecule has 0 aliphatic rings. The lowest BCUT2D eigenvalue weighted by Crippen LogP contribution is -2.08. The largest absolute Gasteiger partial charge is 0.492 e. The zero-order chi connectivity index (χ0) is 12.1. The van der Waals surface area contributed by atoms with Crippen molar-refractivity contribution in [3.05, 3.63) is 48.0 Å². The normalized spacial score (nSPS) is 9.88. The van der Waals surface area contributed by atoms with E-state index in [0.29, 0.717) is 12.2 Å². The second kappa shape index (κ2) is 5.17. The average molecular weight is 227 g/mol. The molecule has 0 radical (unpaired) electrons. The quantitative estimate of drug-likeness (QED) is 0.804. The Labute approximate surface area is 100 Å². The van der Waals surface area contributed by atoms with Gasteiger partial charge in [-0.15, -0.1) is 0 Å². The van der Waals surface area contributed by atoms with E-state index in [1.165, 1.54) is 0 Å². The van der Waals surface area contributed by atoms with Crippen LogP contribution in [-0.4, -0.2) is 16.2 Å². The van der Waals surface area contributed by atoms with Gasteiger partial charge in [0.2, 0.25) is 0 Å². The fourth-order valence-corrected chi connectivity index (χ4v) is 1.56. The first-order valence-electron chi connectivity index (χ1n) is 5.40. The molecule has 0 spiro atoms. The summed E-state index contributed by atoms with van der Waals surface area (Å²) in [5.74, 6) is 1.70. The molecule has 4 heteroatoms. The van der Waals surface area contributed by atoms with Crippen molar-refractivity contribution in [1.82, 2.24) is 9.55 Å². The highest BCUT2D eigenvalue weighted by molar-refractivity contribution is 5.36. The third-order valence-electron chi connectivity index (χ3n) is 2.49. The van der Waals surface area contributed by atoms with Gasteiger partial charge in [0.1, 0.15) is 18.2 Å². The molecule has 0 N–H and O–H groups in total. The number of aromatic nitrogens is 2. The van der Waals surface area contributed by atoms with Gasteiger partial charge < -0.3 is 9.30 Å². The molecule has 1 aromatic heterocycles. The first-order chi connectivity index (χ1) is 8.29. The van der Waals surface area contributed by atoms with Gasteiger partial charge in [0.15, 0.2) is 0 Å². The Morgan fingerprint density at radius 3 is 3.06 bits per heavy atom.